The van der Waals surface area contributed by atoms with E-state index in [2.05, 4.69) is 23.5 Å². The summed E-state index contributed by atoms with van der Waals surface area (Å²) in [6.07, 6.45) is 10.8. The lowest BCUT2D eigenvalue weighted by atomic mass is 9.74. The summed E-state index contributed by atoms with van der Waals surface area (Å²) in [6.45, 7) is 0. The molecule has 2 N–H and O–H groups in total. The second-order valence-electron chi connectivity index (χ2n) is 5.07. The molecule has 2 aliphatic carbocycles. The van der Waals surface area contributed by atoms with Crippen molar-refractivity contribution in [2.45, 2.75) is 37.8 Å². The summed E-state index contributed by atoms with van der Waals surface area (Å²) >= 11 is 0. The molecule has 86 valence electrons. The molecular formula is C13H17NO2. The van der Waals surface area contributed by atoms with Gasteiger partial charge in [0, 0.05) is 6.04 Å². The first-order chi connectivity index (χ1) is 7.77. The van der Waals surface area contributed by atoms with Gasteiger partial charge >= 0.3 is 5.97 Å². The predicted octanol–water partition coefficient (Wildman–Crippen LogP) is 1.71. The molecule has 2 fully saturated rings. The summed E-state index contributed by atoms with van der Waals surface area (Å²) in [6, 6.07) is -0.0633. The lowest BCUT2D eigenvalue weighted by Crippen LogP contribution is -2.55. The van der Waals surface area contributed by atoms with Gasteiger partial charge in [-0.3, -0.25) is 10.1 Å². The Morgan fingerprint density at radius 3 is 3.12 bits per heavy atom. The van der Waals surface area contributed by atoms with Crippen molar-refractivity contribution in [3.8, 4) is 0 Å². The van der Waals surface area contributed by atoms with Gasteiger partial charge in [-0.1, -0.05) is 24.6 Å². The van der Waals surface area contributed by atoms with E-state index in [1.165, 1.54) is 18.4 Å². The number of carbonyl (C=O) groups is 1. The van der Waals surface area contributed by atoms with Crippen LogP contribution in [0.1, 0.15) is 25.7 Å². The molecule has 1 saturated carbocycles. The van der Waals surface area contributed by atoms with E-state index in [1.54, 1.807) is 0 Å². The fraction of sp³-hybridized carbons (Fsp3) is 0.615. The number of aliphatic carboxylic acids is 1. The van der Waals surface area contributed by atoms with Crippen LogP contribution in [-0.2, 0) is 4.79 Å². The average molecular weight is 219 g/mol. The number of hydrogen-bond donors (Lipinski definition) is 2. The van der Waals surface area contributed by atoms with Gasteiger partial charge in [-0.2, -0.15) is 0 Å². The van der Waals surface area contributed by atoms with Crippen LogP contribution in [0.4, 0.5) is 0 Å². The summed E-state index contributed by atoms with van der Waals surface area (Å²) in [5.41, 5.74) is 1.45. The number of allylic oxidation sites excluding steroid dienone is 2. The predicted molar refractivity (Wildman–Crippen MR) is 61.0 cm³/mol. The van der Waals surface area contributed by atoms with E-state index in [0.29, 0.717) is 11.8 Å². The van der Waals surface area contributed by atoms with Crippen LogP contribution < -0.4 is 5.32 Å². The van der Waals surface area contributed by atoms with Crippen molar-refractivity contribution in [1.29, 1.82) is 0 Å². The molecule has 3 rings (SSSR count). The number of nitrogens with one attached hydrogen (secondary N) is 1. The van der Waals surface area contributed by atoms with Crippen LogP contribution in [0.15, 0.2) is 23.8 Å². The molecule has 3 aliphatic rings. The third-order valence-electron chi connectivity index (χ3n) is 4.27. The highest BCUT2D eigenvalue weighted by Crippen LogP contribution is 2.44. The minimum absolute atomic E-state index is 0.269. The summed E-state index contributed by atoms with van der Waals surface area (Å²) in [7, 11) is 0. The molecular weight excluding hydrogens is 202 g/mol. The Morgan fingerprint density at radius 1 is 1.44 bits per heavy atom. The van der Waals surface area contributed by atoms with Gasteiger partial charge in [0.1, 0.15) is 6.04 Å². The molecule has 3 nitrogen and oxygen atoms in total. The molecule has 4 unspecified atom stereocenters. The molecule has 0 aromatic carbocycles. The molecule has 0 aromatic heterocycles. The van der Waals surface area contributed by atoms with E-state index < -0.39 is 5.97 Å². The Balaban J connectivity index is 1.93. The van der Waals surface area contributed by atoms with Gasteiger partial charge in [0.05, 0.1) is 0 Å². The van der Waals surface area contributed by atoms with E-state index in [1.807, 2.05) is 0 Å². The maximum atomic E-state index is 11.3. The third-order valence-corrected chi connectivity index (χ3v) is 4.27. The molecule has 4 atom stereocenters. The summed E-state index contributed by atoms with van der Waals surface area (Å²) in [5.74, 6) is 0.148. The topological polar surface area (TPSA) is 49.3 Å². The van der Waals surface area contributed by atoms with Crippen molar-refractivity contribution in [1.82, 2.24) is 5.32 Å². The number of carboxylic acid groups (broad SMARTS) is 1. The van der Waals surface area contributed by atoms with Gasteiger partial charge in [-0.25, -0.2) is 0 Å². The smallest absolute Gasteiger partial charge is 0.321 e. The average Bonchev–Trinajstić information content (AvgIpc) is 2.76. The summed E-state index contributed by atoms with van der Waals surface area (Å²) in [5, 5.41) is 12.6. The lowest BCUT2D eigenvalue weighted by Gasteiger charge is -2.41. The minimum Gasteiger partial charge on any atom is -0.480 e. The van der Waals surface area contributed by atoms with Gasteiger partial charge in [0.25, 0.3) is 0 Å². The van der Waals surface area contributed by atoms with Crippen LogP contribution in [0.5, 0.6) is 0 Å². The normalized spacial score (nSPS) is 41.1. The molecule has 0 amide bonds. The number of fused-ring (bicyclic) bond motifs is 3. The second kappa shape index (κ2) is 3.74. The fourth-order valence-corrected chi connectivity index (χ4v) is 3.59. The highest BCUT2D eigenvalue weighted by molar-refractivity contribution is 5.74. The van der Waals surface area contributed by atoms with E-state index in [0.717, 1.165) is 12.8 Å². The zero-order chi connectivity index (χ0) is 11.1. The molecule has 3 heteroatoms. The third kappa shape index (κ3) is 1.42. The highest BCUT2D eigenvalue weighted by atomic mass is 16.4. The zero-order valence-electron chi connectivity index (χ0n) is 9.23. The van der Waals surface area contributed by atoms with Gasteiger partial charge in [0.2, 0.25) is 0 Å². The minimum atomic E-state index is -0.675. The second-order valence-corrected chi connectivity index (χ2v) is 5.07. The summed E-state index contributed by atoms with van der Waals surface area (Å²) < 4.78 is 0. The van der Waals surface area contributed by atoms with Gasteiger partial charge in [0.15, 0.2) is 0 Å². The quantitative estimate of drug-likeness (QED) is 0.706. The number of rotatable bonds is 1. The lowest BCUT2D eigenvalue weighted by molar-refractivity contribution is -0.142. The molecule has 0 spiro atoms. The van der Waals surface area contributed by atoms with Crippen LogP contribution in [-0.4, -0.2) is 23.2 Å². The Morgan fingerprint density at radius 2 is 2.31 bits per heavy atom. The number of hydrogen-bond acceptors (Lipinski definition) is 2. The maximum Gasteiger partial charge on any atom is 0.321 e. The van der Waals surface area contributed by atoms with Crippen molar-refractivity contribution >= 4 is 5.97 Å². The maximum absolute atomic E-state index is 11.3. The van der Waals surface area contributed by atoms with Gasteiger partial charge < -0.3 is 5.11 Å². The highest BCUT2D eigenvalue weighted by Gasteiger charge is 2.45. The molecule has 0 bridgehead atoms. The molecule has 16 heavy (non-hydrogen) atoms. The van der Waals surface area contributed by atoms with E-state index >= 15 is 0 Å². The number of piperidine rings is 1. The molecule has 0 aromatic rings. The van der Waals surface area contributed by atoms with E-state index in [9.17, 15) is 9.90 Å². The van der Waals surface area contributed by atoms with Crippen molar-refractivity contribution < 1.29 is 9.90 Å². The van der Waals surface area contributed by atoms with Crippen LogP contribution in [0.25, 0.3) is 0 Å². The first-order valence-corrected chi connectivity index (χ1v) is 6.13. The summed E-state index contributed by atoms with van der Waals surface area (Å²) in [4.78, 5) is 11.3. The van der Waals surface area contributed by atoms with Crippen LogP contribution in [0.3, 0.4) is 0 Å². The first-order valence-electron chi connectivity index (χ1n) is 6.13. The Hall–Kier alpha value is -1.09. The van der Waals surface area contributed by atoms with Crippen molar-refractivity contribution in [3.63, 3.8) is 0 Å². The standard InChI is InChI=1S/C13H17NO2/c15-13(16)12-10-6-3-5-8(10)9-4-1-2-7-11(9)14-12/h1-2,4,8,10-12,14H,3,5-7H2,(H,15,16). The van der Waals surface area contributed by atoms with Gasteiger partial charge in [-0.15, -0.1) is 0 Å². The monoisotopic (exact) mass is 219 g/mol. The molecule has 1 saturated heterocycles. The Kier molecular flexibility index (Phi) is 2.36. The van der Waals surface area contributed by atoms with E-state index in [4.69, 9.17) is 0 Å². The van der Waals surface area contributed by atoms with Crippen molar-refractivity contribution in [2.24, 2.45) is 11.8 Å². The largest absolute Gasteiger partial charge is 0.480 e. The fourth-order valence-electron chi connectivity index (χ4n) is 3.59. The van der Waals surface area contributed by atoms with Crippen molar-refractivity contribution in [2.75, 3.05) is 0 Å². The number of carboxylic acids is 1. The molecule has 1 heterocycles. The Bertz CT molecular complexity index is 372. The molecule has 1 aliphatic heterocycles. The SMILES string of the molecule is O=C(O)C1NC2CC=CC=C2C2CCCC21. The van der Waals surface area contributed by atoms with Gasteiger partial charge in [-0.05, 0) is 36.7 Å². The first kappa shape index (κ1) is 10.1. The van der Waals surface area contributed by atoms with Crippen LogP contribution in [0.2, 0.25) is 0 Å². The van der Waals surface area contributed by atoms with Crippen molar-refractivity contribution in [3.05, 3.63) is 23.8 Å². The van der Waals surface area contributed by atoms with Crippen LogP contribution in [0, 0.1) is 11.8 Å². The molecule has 0 radical (unpaired) electrons. The van der Waals surface area contributed by atoms with Crippen LogP contribution >= 0.6 is 0 Å². The Labute approximate surface area is 95.2 Å². The van der Waals surface area contributed by atoms with E-state index in [-0.39, 0.29) is 12.1 Å². The zero-order valence-corrected chi connectivity index (χ0v) is 9.23.